The zero-order valence-corrected chi connectivity index (χ0v) is 15.6. The molecule has 0 radical (unpaired) electrons. The van der Waals surface area contributed by atoms with Gasteiger partial charge in [0.25, 0.3) is 5.91 Å². The van der Waals surface area contributed by atoms with Gasteiger partial charge in [0.2, 0.25) is 0 Å². The Labute approximate surface area is 162 Å². The van der Waals surface area contributed by atoms with Crippen molar-refractivity contribution in [1.29, 1.82) is 0 Å². The van der Waals surface area contributed by atoms with Crippen LogP contribution in [0.5, 0.6) is 0 Å². The van der Waals surface area contributed by atoms with E-state index in [0.29, 0.717) is 30.1 Å². The zero-order chi connectivity index (χ0) is 19.0. The maximum absolute atomic E-state index is 13.1. The van der Waals surface area contributed by atoms with E-state index in [-0.39, 0.29) is 11.9 Å². The fourth-order valence-electron chi connectivity index (χ4n) is 3.54. The van der Waals surface area contributed by atoms with Gasteiger partial charge >= 0.3 is 6.03 Å². The SMILES string of the molecule is CN1C(=O)N[C@@H](c2ccccc2Cl)C2=C1CN(CCc1ccccn1)C2=O. The maximum atomic E-state index is 13.1. The van der Waals surface area contributed by atoms with Crippen LogP contribution in [0.15, 0.2) is 59.9 Å². The van der Waals surface area contributed by atoms with Crippen LogP contribution in [0.1, 0.15) is 17.3 Å². The summed E-state index contributed by atoms with van der Waals surface area (Å²) in [6, 6.07) is 12.2. The van der Waals surface area contributed by atoms with Crippen molar-refractivity contribution in [2.45, 2.75) is 12.5 Å². The lowest BCUT2D eigenvalue weighted by molar-refractivity contribution is -0.125. The van der Waals surface area contributed by atoms with Gasteiger partial charge in [0.1, 0.15) is 0 Å². The number of aromatic nitrogens is 1. The molecule has 1 aromatic heterocycles. The second-order valence-corrected chi connectivity index (χ2v) is 7.03. The largest absolute Gasteiger partial charge is 0.333 e. The van der Waals surface area contributed by atoms with E-state index >= 15 is 0 Å². The summed E-state index contributed by atoms with van der Waals surface area (Å²) in [5, 5.41) is 3.43. The molecule has 4 rings (SSSR count). The fourth-order valence-corrected chi connectivity index (χ4v) is 3.79. The molecule has 27 heavy (non-hydrogen) atoms. The number of hydrogen-bond donors (Lipinski definition) is 1. The number of halogens is 1. The topological polar surface area (TPSA) is 65.5 Å². The first-order valence-electron chi connectivity index (χ1n) is 8.77. The van der Waals surface area contributed by atoms with Gasteiger partial charge in [-0.05, 0) is 23.8 Å². The molecule has 0 saturated heterocycles. The lowest BCUT2D eigenvalue weighted by Crippen LogP contribution is -2.45. The fraction of sp³-hybridized carbons (Fsp3) is 0.250. The Morgan fingerprint density at radius 2 is 1.96 bits per heavy atom. The van der Waals surface area contributed by atoms with E-state index < -0.39 is 6.04 Å². The number of rotatable bonds is 4. The maximum Gasteiger partial charge on any atom is 0.322 e. The first-order chi connectivity index (χ1) is 13.1. The summed E-state index contributed by atoms with van der Waals surface area (Å²) < 4.78 is 0. The molecule has 0 fully saturated rings. The molecule has 1 aromatic carbocycles. The molecule has 0 unspecified atom stereocenters. The number of hydrogen-bond acceptors (Lipinski definition) is 3. The van der Waals surface area contributed by atoms with Crippen LogP contribution < -0.4 is 5.32 Å². The number of urea groups is 1. The number of likely N-dealkylation sites (N-methyl/N-ethyl adjacent to an activating group) is 1. The van der Waals surface area contributed by atoms with Gasteiger partial charge in [-0.3, -0.25) is 14.7 Å². The first-order valence-corrected chi connectivity index (χ1v) is 9.15. The number of pyridine rings is 1. The molecular formula is C20H19ClN4O2. The summed E-state index contributed by atoms with van der Waals surface area (Å²) in [5.74, 6) is -0.0716. The molecule has 138 valence electrons. The number of amides is 3. The van der Waals surface area contributed by atoms with Crippen LogP contribution in [-0.2, 0) is 11.2 Å². The van der Waals surface area contributed by atoms with Gasteiger partial charge in [0.05, 0.1) is 23.9 Å². The quantitative estimate of drug-likeness (QED) is 0.884. The highest BCUT2D eigenvalue weighted by atomic mass is 35.5. The standard InChI is InChI=1S/C20H19ClN4O2/c1-24-16-12-25(11-9-13-6-4-5-10-22-13)19(26)17(16)18(23-20(24)27)14-7-2-3-8-15(14)21/h2-8,10,18H,9,11-12H2,1H3,(H,23,27)/t18-/m0/s1. The summed E-state index contributed by atoms with van der Waals surface area (Å²) in [7, 11) is 1.68. The van der Waals surface area contributed by atoms with Crippen LogP contribution in [0, 0.1) is 0 Å². The van der Waals surface area contributed by atoms with Crippen LogP contribution in [0.25, 0.3) is 0 Å². The van der Waals surface area contributed by atoms with Crippen molar-refractivity contribution in [3.8, 4) is 0 Å². The number of nitrogens with one attached hydrogen (secondary N) is 1. The number of benzene rings is 1. The minimum absolute atomic E-state index is 0.0716. The molecular weight excluding hydrogens is 364 g/mol. The van der Waals surface area contributed by atoms with E-state index in [2.05, 4.69) is 10.3 Å². The average molecular weight is 383 g/mol. The summed E-state index contributed by atoms with van der Waals surface area (Å²) in [6.07, 6.45) is 2.41. The summed E-state index contributed by atoms with van der Waals surface area (Å²) >= 11 is 6.34. The Kier molecular flexibility index (Phi) is 4.58. The smallest absolute Gasteiger partial charge is 0.322 e. The monoisotopic (exact) mass is 382 g/mol. The molecule has 2 aliphatic heterocycles. The third-order valence-corrected chi connectivity index (χ3v) is 5.36. The van der Waals surface area contributed by atoms with E-state index in [4.69, 9.17) is 11.6 Å². The lowest BCUT2D eigenvalue weighted by Gasteiger charge is -2.31. The second kappa shape index (κ2) is 7.04. The zero-order valence-electron chi connectivity index (χ0n) is 14.9. The Balaban J connectivity index is 1.61. The summed E-state index contributed by atoms with van der Waals surface area (Å²) in [6.45, 7) is 0.950. The van der Waals surface area contributed by atoms with Gasteiger partial charge in [-0.1, -0.05) is 35.9 Å². The molecule has 1 atom stereocenters. The number of carbonyl (C=O) groups excluding carboxylic acids is 2. The van der Waals surface area contributed by atoms with Crippen molar-refractivity contribution in [3.63, 3.8) is 0 Å². The van der Waals surface area contributed by atoms with Gasteiger partial charge in [-0.15, -0.1) is 0 Å². The van der Waals surface area contributed by atoms with Gasteiger partial charge in [-0.2, -0.15) is 0 Å². The van der Waals surface area contributed by atoms with Crippen LogP contribution in [0.3, 0.4) is 0 Å². The molecule has 0 saturated carbocycles. The normalized spacial score (nSPS) is 19.4. The highest BCUT2D eigenvalue weighted by molar-refractivity contribution is 6.31. The molecule has 2 aliphatic rings. The van der Waals surface area contributed by atoms with Crippen molar-refractivity contribution >= 4 is 23.5 Å². The third kappa shape index (κ3) is 3.17. The van der Waals surface area contributed by atoms with Gasteiger partial charge in [0.15, 0.2) is 0 Å². The molecule has 6 nitrogen and oxygen atoms in total. The van der Waals surface area contributed by atoms with Crippen LogP contribution >= 0.6 is 11.6 Å². The Bertz CT molecular complexity index is 929. The van der Waals surface area contributed by atoms with Gasteiger partial charge in [-0.25, -0.2) is 4.79 Å². The number of nitrogens with zero attached hydrogens (tertiary/aromatic N) is 3. The highest BCUT2D eigenvalue weighted by Crippen LogP contribution is 2.37. The van der Waals surface area contributed by atoms with E-state index in [1.54, 1.807) is 24.2 Å². The van der Waals surface area contributed by atoms with Gasteiger partial charge in [0, 0.05) is 36.9 Å². The average Bonchev–Trinajstić information content (AvgIpc) is 3.01. The molecule has 0 bridgehead atoms. The van der Waals surface area contributed by atoms with E-state index in [1.807, 2.05) is 36.4 Å². The van der Waals surface area contributed by atoms with E-state index in [0.717, 1.165) is 17.0 Å². The molecule has 1 N–H and O–H groups in total. The third-order valence-electron chi connectivity index (χ3n) is 5.02. The van der Waals surface area contributed by atoms with Crippen molar-refractivity contribution in [2.75, 3.05) is 20.1 Å². The predicted molar refractivity (Wildman–Crippen MR) is 102 cm³/mol. The second-order valence-electron chi connectivity index (χ2n) is 6.62. The summed E-state index contributed by atoms with van der Waals surface area (Å²) in [5.41, 5.74) is 2.98. The van der Waals surface area contributed by atoms with Crippen molar-refractivity contribution < 1.29 is 9.59 Å². The molecule has 7 heteroatoms. The Hall–Kier alpha value is -2.86. The van der Waals surface area contributed by atoms with Crippen molar-refractivity contribution in [3.05, 3.63) is 76.2 Å². The highest BCUT2D eigenvalue weighted by Gasteiger charge is 2.43. The van der Waals surface area contributed by atoms with Gasteiger partial charge < -0.3 is 10.2 Å². The Morgan fingerprint density at radius 1 is 1.19 bits per heavy atom. The molecule has 0 spiro atoms. The predicted octanol–water partition coefficient (Wildman–Crippen LogP) is 2.77. The molecule has 0 aliphatic carbocycles. The van der Waals surface area contributed by atoms with Crippen molar-refractivity contribution in [2.24, 2.45) is 0 Å². The lowest BCUT2D eigenvalue weighted by atomic mass is 9.95. The molecule has 3 heterocycles. The minimum atomic E-state index is -0.537. The summed E-state index contributed by atoms with van der Waals surface area (Å²) in [4.78, 5) is 33.1. The van der Waals surface area contributed by atoms with E-state index in [9.17, 15) is 9.59 Å². The van der Waals surface area contributed by atoms with Crippen LogP contribution in [0.2, 0.25) is 5.02 Å². The molecule has 3 amide bonds. The van der Waals surface area contributed by atoms with Crippen molar-refractivity contribution in [1.82, 2.24) is 20.1 Å². The first kappa shape index (κ1) is 17.5. The molecule has 2 aromatic rings. The van der Waals surface area contributed by atoms with Crippen LogP contribution in [0.4, 0.5) is 4.79 Å². The Morgan fingerprint density at radius 3 is 2.70 bits per heavy atom. The van der Waals surface area contributed by atoms with E-state index in [1.165, 1.54) is 4.90 Å². The number of carbonyl (C=O) groups is 2. The minimum Gasteiger partial charge on any atom is -0.333 e. The van der Waals surface area contributed by atoms with Crippen LogP contribution in [-0.4, -0.2) is 46.9 Å².